The normalized spacial score (nSPS) is 15.4. The Morgan fingerprint density at radius 2 is 1.73 bits per heavy atom. The Hall–Kier alpha value is -2.48. The van der Waals surface area contributed by atoms with E-state index in [0.29, 0.717) is 25.3 Å². The minimum atomic E-state index is -0.582. The number of nitrogens with zero attached hydrogens (tertiary/aromatic N) is 3. The van der Waals surface area contributed by atoms with Gasteiger partial charge in [0.1, 0.15) is 11.4 Å². The molecule has 0 N–H and O–H groups in total. The number of ether oxygens (including phenoxy) is 1. The summed E-state index contributed by atoms with van der Waals surface area (Å²) in [6.45, 7) is 12.8. The van der Waals surface area contributed by atoms with Crippen molar-refractivity contribution in [2.75, 3.05) is 18.0 Å². The predicted molar refractivity (Wildman–Crippen MR) is 129 cm³/mol. The fourth-order valence-electron chi connectivity index (χ4n) is 3.69. The van der Waals surface area contributed by atoms with Gasteiger partial charge < -0.3 is 14.5 Å². The molecule has 0 saturated carbocycles. The second kappa shape index (κ2) is 9.79. The van der Waals surface area contributed by atoms with Crippen LogP contribution in [0, 0.1) is 11.2 Å². The van der Waals surface area contributed by atoms with E-state index in [4.69, 9.17) is 9.72 Å². The zero-order chi connectivity index (χ0) is 24.4. The highest BCUT2D eigenvalue weighted by Gasteiger charge is 2.31. The van der Waals surface area contributed by atoms with E-state index in [9.17, 15) is 14.0 Å². The van der Waals surface area contributed by atoms with Crippen LogP contribution in [0.2, 0.25) is 0 Å². The van der Waals surface area contributed by atoms with Crippen molar-refractivity contribution in [1.82, 2.24) is 9.88 Å². The van der Waals surface area contributed by atoms with E-state index in [1.807, 2.05) is 46.9 Å². The second-order valence-electron chi connectivity index (χ2n) is 10.5. The van der Waals surface area contributed by atoms with Gasteiger partial charge in [-0.15, -0.1) is 11.3 Å². The molecule has 2 amide bonds. The van der Waals surface area contributed by atoms with E-state index in [1.54, 1.807) is 33.3 Å². The number of amides is 2. The van der Waals surface area contributed by atoms with Crippen LogP contribution in [-0.4, -0.2) is 40.6 Å². The average Bonchev–Trinajstić information content (AvgIpc) is 3.19. The molecular weight excluding hydrogens is 441 g/mol. The molecule has 180 valence electrons. The summed E-state index contributed by atoms with van der Waals surface area (Å²) in [5.41, 5.74) is 0.379. The van der Waals surface area contributed by atoms with Crippen LogP contribution < -0.4 is 4.90 Å². The molecule has 1 fully saturated rings. The lowest BCUT2D eigenvalue weighted by molar-refractivity contribution is -0.125. The molecule has 0 atom stereocenters. The lowest BCUT2D eigenvalue weighted by atomic mass is 9.94. The van der Waals surface area contributed by atoms with Crippen LogP contribution in [0.25, 0.3) is 0 Å². The van der Waals surface area contributed by atoms with Crippen molar-refractivity contribution in [3.05, 3.63) is 46.2 Å². The summed E-state index contributed by atoms with van der Waals surface area (Å²) < 4.78 is 18.9. The molecule has 6 nitrogen and oxygen atoms in total. The number of halogens is 1. The van der Waals surface area contributed by atoms with Gasteiger partial charge in [0.05, 0.1) is 17.2 Å². The summed E-state index contributed by atoms with van der Waals surface area (Å²) in [6.07, 6.45) is 1.39. The average molecular weight is 476 g/mol. The summed E-state index contributed by atoms with van der Waals surface area (Å²) in [5, 5.41) is 3.01. The first-order valence-corrected chi connectivity index (χ1v) is 12.2. The monoisotopic (exact) mass is 475 g/mol. The third-order valence-corrected chi connectivity index (χ3v) is 6.47. The van der Waals surface area contributed by atoms with Crippen LogP contribution in [0.4, 0.5) is 14.9 Å². The maximum absolute atomic E-state index is 13.4. The van der Waals surface area contributed by atoms with E-state index in [1.165, 1.54) is 12.1 Å². The first-order valence-electron chi connectivity index (χ1n) is 11.3. The number of hydrogen-bond donors (Lipinski definition) is 0. The lowest BCUT2D eigenvalue weighted by Crippen LogP contribution is -2.41. The zero-order valence-electron chi connectivity index (χ0n) is 20.4. The molecule has 2 heterocycles. The van der Waals surface area contributed by atoms with Gasteiger partial charge in [0.2, 0.25) is 5.91 Å². The van der Waals surface area contributed by atoms with Crippen LogP contribution in [0.15, 0.2) is 29.6 Å². The van der Waals surface area contributed by atoms with Gasteiger partial charge >= 0.3 is 6.09 Å². The number of carbonyl (C=O) groups excluding carboxylic acids is 2. The molecule has 33 heavy (non-hydrogen) atoms. The van der Waals surface area contributed by atoms with Crippen molar-refractivity contribution in [2.45, 2.75) is 72.4 Å². The molecule has 8 heteroatoms. The van der Waals surface area contributed by atoms with Crippen LogP contribution in [0.1, 0.15) is 71.0 Å². The Balaban J connectivity index is 1.68. The van der Waals surface area contributed by atoms with Gasteiger partial charge in [-0.2, -0.15) is 0 Å². The maximum atomic E-state index is 13.4. The molecule has 1 aliphatic rings. The summed E-state index contributed by atoms with van der Waals surface area (Å²) in [4.78, 5) is 33.7. The summed E-state index contributed by atoms with van der Waals surface area (Å²) in [5.74, 6) is -0.107. The Labute approximate surface area is 199 Å². The highest BCUT2D eigenvalue weighted by Crippen LogP contribution is 2.32. The van der Waals surface area contributed by atoms with Crippen LogP contribution in [-0.2, 0) is 16.1 Å². The Morgan fingerprint density at radius 1 is 1.12 bits per heavy atom. The third-order valence-electron chi connectivity index (χ3n) is 5.41. The molecule has 0 unspecified atom stereocenters. The first-order chi connectivity index (χ1) is 15.3. The fraction of sp³-hybridized carbons (Fsp3) is 0.560. The smallest absolute Gasteiger partial charge is 0.410 e. The number of piperidine rings is 1. The molecule has 2 aromatic rings. The number of anilines is 1. The zero-order valence-corrected chi connectivity index (χ0v) is 21.2. The SMILES string of the molecule is CC(C)(C)OC(=O)N1CCC(c2nc(CN(C(=O)C(C)(C)C)c3ccc(F)cc3)cs2)CC1. The van der Waals surface area contributed by atoms with E-state index in [0.717, 1.165) is 23.5 Å². The van der Waals surface area contributed by atoms with Crippen LogP contribution >= 0.6 is 11.3 Å². The lowest BCUT2D eigenvalue weighted by Gasteiger charge is -2.32. The number of thiazole rings is 1. The van der Waals surface area contributed by atoms with Gasteiger partial charge in [0.15, 0.2) is 0 Å². The van der Waals surface area contributed by atoms with Gasteiger partial charge in [-0.25, -0.2) is 14.2 Å². The van der Waals surface area contributed by atoms with Gasteiger partial charge in [-0.05, 0) is 57.9 Å². The van der Waals surface area contributed by atoms with Crippen molar-refractivity contribution in [3.63, 3.8) is 0 Å². The largest absolute Gasteiger partial charge is 0.444 e. The molecule has 1 aliphatic heterocycles. The molecule has 0 radical (unpaired) electrons. The molecule has 1 saturated heterocycles. The Bertz CT molecular complexity index is 968. The molecule has 0 aliphatic carbocycles. The van der Waals surface area contributed by atoms with Crippen molar-refractivity contribution in [1.29, 1.82) is 0 Å². The first kappa shape index (κ1) is 25.1. The molecule has 1 aromatic carbocycles. The van der Waals surface area contributed by atoms with Crippen molar-refractivity contribution in [3.8, 4) is 0 Å². The summed E-state index contributed by atoms with van der Waals surface area (Å²) in [6, 6.07) is 5.98. The summed E-state index contributed by atoms with van der Waals surface area (Å²) >= 11 is 1.59. The van der Waals surface area contributed by atoms with E-state index in [-0.39, 0.29) is 23.7 Å². The van der Waals surface area contributed by atoms with Gasteiger partial charge in [0.25, 0.3) is 0 Å². The van der Waals surface area contributed by atoms with Gasteiger partial charge in [0, 0.05) is 35.5 Å². The highest BCUT2D eigenvalue weighted by atomic mass is 32.1. The standard InChI is InChI=1S/C25H34FN3O3S/c1-24(2,3)22(30)29(20-9-7-18(26)8-10-20)15-19-16-33-21(27-19)17-11-13-28(14-12-17)23(31)32-25(4,5)6/h7-10,16-17H,11-15H2,1-6H3. The van der Waals surface area contributed by atoms with Crippen LogP contribution in [0.3, 0.4) is 0 Å². The Morgan fingerprint density at radius 3 is 2.27 bits per heavy atom. The number of hydrogen-bond acceptors (Lipinski definition) is 5. The van der Waals surface area contributed by atoms with E-state index in [2.05, 4.69) is 0 Å². The topological polar surface area (TPSA) is 62.7 Å². The third kappa shape index (κ3) is 6.76. The van der Waals surface area contributed by atoms with E-state index >= 15 is 0 Å². The van der Waals surface area contributed by atoms with Gasteiger partial charge in [-0.3, -0.25) is 4.79 Å². The Kier molecular flexibility index (Phi) is 7.46. The number of rotatable bonds is 4. The minimum absolute atomic E-state index is 0.0469. The minimum Gasteiger partial charge on any atom is -0.444 e. The van der Waals surface area contributed by atoms with Crippen molar-refractivity contribution in [2.24, 2.45) is 5.41 Å². The second-order valence-corrected chi connectivity index (χ2v) is 11.4. The molecule has 0 bridgehead atoms. The number of benzene rings is 1. The number of carbonyl (C=O) groups is 2. The molecular formula is C25H34FN3O3S. The molecule has 1 aromatic heterocycles. The van der Waals surface area contributed by atoms with E-state index < -0.39 is 11.0 Å². The number of aromatic nitrogens is 1. The highest BCUT2D eigenvalue weighted by molar-refractivity contribution is 7.09. The molecule has 3 rings (SSSR count). The predicted octanol–water partition coefficient (Wildman–Crippen LogP) is 5.98. The molecule has 0 spiro atoms. The van der Waals surface area contributed by atoms with Crippen molar-refractivity contribution < 1.29 is 18.7 Å². The van der Waals surface area contributed by atoms with Crippen LogP contribution in [0.5, 0.6) is 0 Å². The maximum Gasteiger partial charge on any atom is 0.410 e. The quantitative estimate of drug-likeness (QED) is 0.546. The van der Waals surface area contributed by atoms with Crippen molar-refractivity contribution >= 4 is 29.0 Å². The fourth-order valence-corrected chi connectivity index (χ4v) is 4.67. The van der Waals surface area contributed by atoms with Gasteiger partial charge in [-0.1, -0.05) is 20.8 Å². The number of likely N-dealkylation sites (tertiary alicyclic amines) is 1. The summed E-state index contributed by atoms with van der Waals surface area (Å²) in [7, 11) is 0.